The molecule has 33 heavy (non-hydrogen) atoms. The van der Waals surface area contributed by atoms with E-state index in [0.717, 1.165) is 11.3 Å². The van der Waals surface area contributed by atoms with E-state index in [1.54, 1.807) is 26.8 Å². The van der Waals surface area contributed by atoms with Crippen molar-refractivity contribution < 1.29 is 27.1 Å². The Morgan fingerprint density at radius 2 is 2.03 bits per heavy atom. The number of aryl methyl sites for hydroxylation is 1. The molecule has 2 aromatic heterocycles. The Morgan fingerprint density at radius 1 is 1.30 bits per heavy atom. The van der Waals surface area contributed by atoms with Crippen molar-refractivity contribution in [3.63, 3.8) is 0 Å². The third-order valence-corrected chi connectivity index (χ3v) is 8.50. The van der Waals surface area contributed by atoms with E-state index in [4.69, 9.17) is 9.47 Å². The van der Waals surface area contributed by atoms with Crippen LogP contribution in [0.1, 0.15) is 31.5 Å². The predicted molar refractivity (Wildman–Crippen MR) is 122 cm³/mol. The highest BCUT2D eigenvalue weighted by Crippen LogP contribution is 2.39. The lowest BCUT2D eigenvalue weighted by molar-refractivity contribution is 0.0630. The van der Waals surface area contributed by atoms with Gasteiger partial charge in [0.1, 0.15) is 10.8 Å². The molecule has 0 spiro atoms. The number of hydrogen-bond donors (Lipinski definition) is 0. The lowest BCUT2D eigenvalue weighted by Gasteiger charge is -2.30. The van der Waals surface area contributed by atoms with Crippen LogP contribution in [-0.2, 0) is 29.2 Å². The fourth-order valence-corrected chi connectivity index (χ4v) is 5.83. The van der Waals surface area contributed by atoms with Crippen molar-refractivity contribution in [3.05, 3.63) is 40.9 Å². The molecule has 0 bridgehead atoms. The molecule has 1 unspecified atom stereocenters. The zero-order chi connectivity index (χ0) is 24.4. The summed E-state index contributed by atoms with van der Waals surface area (Å²) in [5.74, 6) is -0.513. The van der Waals surface area contributed by atoms with Crippen LogP contribution in [0.2, 0.25) is 0 Å². The Bertz CT molecular complexity index is 1260. The van der Waals surface area contributed by atoms with Gasteiger partial charge in [0, 0.05) is 18.2 Å². The molecule has 0 saturated carbocycles. The summed E-state index contributed by atoms with van der Waals surface area (Å²) in [4.78, 5) is 13.9. The van der Waals surface area contributed by atoms with Crippen LogP contribution in [0.4, 0.5) is 4.39 Å². The van der Waals surface area contributed by atoms with Crippen LogP contribution in [0.25, 0.3) is 21.3 Å². The average Bonchev–Trinajstić information content (AvgIpc) is 3.18. The van der Waals surface area contributed by atoms with Crippen LogP contribution in [0.5, 0.6) is 0 Å². The summed E-state index contributed by atoms with van der Waals surface area (Å²) in [7, 11) is -3.19. The van der Waals surface area contributed by atoms with Gasteiger partial charge in [-0.2, -0.15) is 10.2 Å². The minimum absolute atomic E-state index is 0.000266. The maximum atomic E-state index is 14.9. The maximum Gasteiger partial charge on any atom is 0.326 e. The van der Waals surface area contributed by atoms with Crippen LogP contribution in [0, 0.1) is 12.7 Å². The van der Waals surface area contributed by atoms with Gasteiger partial charge in [0.2, 0.25) is 4.93 Å². The van der Waals surface area contributed by atoms with Gasteiger partial charge in [0.05, 0.1) is 41.4 Å². The quantitative estimate of drug-likeness (QED) is 0.395. The van der Waals surface area contributed by atoms with Crippen molar-refractivity contribution >= 4 is 38.0 Å². The molecule has 0 aliphatic rings. The second-order valence-electron chi connectivity index (χ2n) is 7.64. The molecule has 0 fully saturated rings. The molecule has 12 heteroatoms. The Hall–Kier alpha value is -2.54. The standard InChI is InChI=1S/C21H24FN4O5S2/c1-13(2)31-7-6-26(12-27)33(28,29)21(4,30-5)20-24-18-9-16(17(22)10-19(18)32-20)15-8-14(3)25-23-11-15/h8-11,13H,6-7H2,1-5H3. The summed E-state index contributed by atoms with van der Waals surface area (Å²) in [5, 5.41) is 7.77. The monoisotopic (exact) mass is 495 g/mol. The van der Waals surface area contributed by atoms with Crippen LogP contribution in [0.15, 0.2) is 24.4 Å². The van der Waals surface area contributed by atoms with Crippen LogP contribution in [-0.4, -0.2) is 60.7 Å². The van der Waals surface area contributed by atoms with E-state index in [0.29, 0.717) is 25.8 Å². The molecule has 3 rings (SSSR count). The number of sulfonamides is 1. The van der Waals surface area contributed by atoms with E-state index in [-0.39, 0.29) is 29.8 Å². The van der Waals surface area contributed by atoms with E-state index in [1.165, 1.54) is 38.8 Å². The molecule has 2 heterocycles. The molecule has 0 aliphatic carbocycles. The largest absolute Gasteiger partial charge is 0.377 e. The second kappa shape index (κ2) is 9.75. The number of hydrogen-bond acceptors (Lipinski definition) is 9. The van der Waals surface area contributed by atoms with Crippen molar-refractivity contribution in [2.24, 2.45) is 0 Å². The summed E-state index contributed by atoms with van der Waals surface area (Å²) >= 11 is 0.963. The third kappa shape index (κ3) is 4.88. The van der Waals surface area contributed by atoms with Crippen LogP contribution in [0.3, 0.4) is 0 Å². The zero-order valence-corrected chi connectivity index (χ0v) is 20.5. The minimum atomic E-state index is -4.40. The maximum absolute atomic E-state index is 14.9. The molecule has 177 valence electrons. The summed E-state index contributed by atoms with van der Waals surface area (Å²) < 4.78 is 53.2. The molecular formula is C21H24FN4O5S2. The summed E-state index contributed by atoms with van der Waals surface area (Å²) in [5.41, 5.74) is 1.78. The van der Waals surface area contributed by atoms with E-state index < -0.39 is 20.8 Å². The topological polar surface area (TPSA) is 112 Å². The number of benzene rings is 1. The van der Waals surface area contributed by atoms with Crippen molar-refractivity contribution in [2.75, 3.05) is 20.3 Å². The van der Waals surface area contributed by atoms with Gasteiger partial charge in [-0.25, -0.2) is 22.1 Å². The van der Waals surface area contributed by atoms with Crippen molar-refractivity contribution in [1.29, 1.82) is 0 Å². The number of aromatic nitrogens is 3. The Morgan fingerprint density at radius 3 is 2.64 bits per heavy atom. The normalized spacial score (nSPS) is 13.9. The number of rotatable bonds is 10. The highest BCUT2D eigenvalue weighted by molar-refractivity contribution is 7.90. The van der Waals surface area contributed by atoms with Gasteiger partial charge >= 0.3 is 6.41 Å². The number of fused-ring (bicyclic) bond motifs is 1. The van der Waals surface area contributed by atoms with E-state index in [9.17, 15) is 17.6 Å². The number of methoxy groups -OCH3 is 1. The fraction of sp³-hybridized carbons (Fsp3) is 0.429. The van der Waals surface area contributed by atoms with Gasteiger partial charge in [0.25, 0.3) is 10.0 Å². The number of thiazole rings is 1. The number of amides is 1. The molecule has 1 amide bonds. The smallest absolute Gasteiger partial charge is 0.326 e. The van der Waals surface area contributed by atoms with E-state index in [2.05, 4.69) is 15.2 Å². The number of nitrogens with zero attached hydrogens (tertiary/aromatic N) is 4. The molecule has 9 nitrogen and oxygen atoms in total. The summed E-state index contributed by atoms with van der Waals surface area (Å²) in [6.45, 7) is 6.38. The fourth-order valence-electron chi connectivity index (χ4n) is 3.08. The molecule has 1 atom stereocenters. The van der Waals surface area contributed by atoms with E-state index in [1.807, 2.05) is 0 Å². The predicted octanol–water partition coefficient (Wildman–Crippen LogP) is 3.14. The first-order chi connectivity index (χ1) is 15.5. The van der Waals surface area contributed by atoms with Gasteiger partial charge in [-0.3, -0.25) is 4.79 Å². The third-order valence-electron chi connectivity index (χ3n) is 4.97. The number of ether oxygens (including phenoxy) is 2. The first-order valence-electron chi connectivity index (χ1n) is 10.0. The van der Waals surface area contributed by atoms with E-state index >= 15 is 0 Å². The van der Waals surface area contributed by atoms with Gasteiger partial charge in [0.15, 0.2) is 0 Å². The molecule has 0 aliphatic heterocycles. The van der Waals surface area contributed by atoms with Crippen molar-refractivity contribution in [3.8, 4) is 11.1 Å². The van der Waals surface area contributed by atoms with Crippen molar-refractivity contribution in [2.45, 2.75) is 38.7 Å². The Balaban J connectivity index is 2.04. The first-order valence-corrected chi connectivity index (χ1v) is 12.3. The summed E-state index contributed by atoms with van der Waals surface area (Å²) in [6, 6.07) is 4.49. The number of halogens is 1. The molecule has 1 aromatic carbocycles. The highest BCUT2D eigenvalue weighted by Gasteiger charge is 2.48. The van der Waals surface area contributed by atoms with Gasteiger partial charge in [-0.05, 0) is 45.9 Å². The molecular weight excluding hydrogens is 471 g/mol. The Kier molecular flexibility index (Phi) is 7.42. The Labute approximate surface area is 195 Å². The lowest BCUT2D eigenvalue weighted by atomic mass is 10.1. The van der Waals surface area contributed by atoms with Gasteiger partial charge < -0.3 is 9.47 Å². The highest BCUT2D eigenvalue weighted by atomic mass is 32.2. The van der Waals surface area contributed by atoms with Gasteiger partial charge in [-0.15, -0.1) is 11.3 Å². The second-order valence-corrected chi connectivity index (χ2v) is 10.8. The molecule has 1 radical (unpaired) electrons. The van der Waals surface area contributed by atoms with Gasteiger partial charge in [-0.1, -0.05) is 0 Å². The first kappa shape index (κ1) is 25.1. The van der Waals surface area contributed by atoms with Crippen molar-refractivity contribution in [1.82, 2.24) is 19.5 Å². The lowest BCUT2D eigenvalue weighted by Crippen LogP contribution is -2.46. The summed E-state index contributed by atoms with van der Waals surface area (Å²) in [6.07, 6.45) is 2.74. The molecule has 3 aromatic rings. The minimum Gasteiger partial charge on any atom is -0.377 e. The zero-order valence-electron chi connectivity index (χ0n) is 18.8. The van der Waals surface area contributed by atoms with Crippen LogP contribution < -0.4 is 0 Å². The average molecular weight is 496 g/mol. The molecule has 0 N–H and O–H groups in total. The number of carbonyl (C=O) groups excluding carboxylic acids is 1. The molecule has 0 saturated heterocycles. The SMILES string of the molecule is COC(C)(c1nc2cc(-c3cnnc(C)c3)c(F)cc2s1)S(=O)(=O)N([C]=O)CCOC(C)C. The van der Waals surface area contributed by atoms with Crippen LogP contribution >= 0.6 is 11.3 Å².